The molecule has 2 aliphatic heterocycles. The number of ether oxygens (including phenoxy) is 2. The predicted molar refractivity (Wildman–Crippen MR) is 137 cm³/mol. The molecule has 6 atom stereocenters. The van der Waals surface area contributed by atoms with Crippen LogP contribution in [0, 0.1) is 23.7 Å². The minimum absolute atomic E-state index is 0.0562. The highest BCUT2D eigenvalue weighted by molar-refractivity contribution is 6.58. The number of fused-ring (bicyclic) bond motifs is 3. The number of rotatable bonds is 7. The molecule has 3 aliphatic rings. The van der Waals surface area contributed by atoms with Gasteiger partial charge in [-0.05, 0) is 54.7 Å². The second kappa shape index (κ2) is 9.93. The van der Waals surface area contributed by atoms with Gasteiger partial charge in [0.05, 0.1) is 24.1 Å². The molecule has 39 heavy (non-hydrogen) atoms. The van der Waals surface area contributed by atoms with Crippen LogP contribution in [0.2, 0.25) is 0 Å². The van der Waals surface area contributed by atoms with E-state index in [-0.39, 0.29) is 37.2 Å². The zero-order valence-electron chi connectivity index (χ0n) is 20.9. The van der Waals surface area contributed by atoms with Crippen molar-refractivity contribution in [3.63, 3.8) is 0 Å². The number of aliphatic hydroxyl groups is 2. The zero-order valence-corrected chi connectivity index (χ0v) is 20.9. The Bertz CT molecular complexity index is 1380. The van der Waals surface area contributed by atoms with Crippen molar-refractivity contribution in [2.75, 3.05) is 11.5 Å². The van der Waals surface area contributed by atoms with Gasteiger partial charge in [0.2, 0.25) is 11.8 Å². The molecule has 4 N–H and O–H groups in total. The highest BCUT2D eigenvalue weighted by Gasteiger charge is 2.67. The number of aliphatic hydroxyl groups excluding tert-OH is 1. The molecule has 3 aromatic rings. The molecule has 2 aromatic carbocycles. The first-order valence-corrected chi connectivity index (χ1v) is 12.9. The van der Waals surface area contributed by atoms with Crippen LogP contribution in [0.15, 0.2) is 71.1 Å². The maximum absolute atomic E-state index is 13.8. The van der Waals surface area contributed by atoms with Crippen LogP contribution in [0.1, 0.15) is 30.5 Å². The van der Waals surface area contributed by atoms with Gasteiger partial charge in [0.25, 0.3) is 0 Å². The summed E-state index contributed by atoms with van der Waals surface area (Å²) < 4.78 is 17.9. The lowest BCUT2D eigenvalue weighted by Crippen LogP contribution is -2.55. The van der Waals surface area contributed by atoms with Crippen LogP contribution in [-0.2, 0) is 20.9 Å². The Morgan fingerprint density at radius 1 is 1.00 bits per heavy atom. The predicted octanol–water partition coefficient (Wildman–Crippen LogP) is 1.12. The third-order valence-electron chi connectivity index (χ3n) is 8.14. The van der Waals surface area contributed by atoms with Crippen molar-refractivity contribution in [2.45, 2.75) is 31.3 Å². The lowest BCUT2D eigenvalue weighted by Gasteiger charge is -2.44. The van der Waals surface area contributed by atoms with Crippen LogP contribution < -0.4 is 15.1 Å². The molecule has 3 heterocycles. The summed E-state index contributed by atoms with van der Waals surface area (Å²) in [5, 5.41) is 40.7. The molecule has 0 radical (unpaired) electrons. The molecule has 10 nitrogen and oxygen atoms in total. The number of hydrogen-bond acceptors (Lipinski definition) is 9. The van der Waals surface area contributed by atoms with E-state index in [1.54, 1.807) is 36.4 Å². The van der Waals surface area contributed by atoms with Gasteiger partial charge in [-0.25, -0.2) is 0 Å². The summed E-state index contributed by atoms with van der Waals surface area (Å²) in [6.07, 6.45) is -0.316. The van der Waals surface area contributed by atoms with E-state index in [1.165, 1.54) is 12.1 Å². The van der Waals surface area contributed by atoms with Gasteiger partial charge in [0, 0.05) is 11.8 Å². The smallest absolute Gasteiger partial charge is 0.488 e. The first-order valence-electron chi connectivity index (χ1n) is 12.9. The molecular weight excluding hydrogens is 505 g/mol. The maximum atomic E-state index is 13.8. The van der Waals surface area contributed by atoms with E-state index in [0.29, 0.717) is 17.3 Å². The number of para-hydroxylation sites is 1. The molecule has 1 saturated carbocycles. The van der Waals surface area contributed by atoms with Crippen molar-refractivity contribution in [2.24, 2.45) is 23.7 Å². The van der Waals surface area contributed by atoms with Crippen molar-refractivity contribution in [1.29, 1.82) is 0 Å². The third kappa shape index (κ3) is 4.36. The molecule has 1 aromatic heterocycles. The number of furan rings is 1. The summed E-state index contributed by atoms with van der Waals surface area (Å²) in [6, 6.07) is 18.4. The first kappa shape index (κ1) is 25.8. The number of anilines is 1. The van der Waals surface area contributed by atoms with Crippen LogP contribution in [0.3, 0.4) is 0 Å². The summed E-state index contributed by atoms with van der Waals surface area (Å²) in [7, 11) is -1.76. The number of amides is 2. The molecule has 0 spiro atoms. The highest BCUT2D eigenvalue weighted by Crippen LogP contribution is 2.58. The van der Waals surface area contributed by atoms with Gasteiger partial charge in [0.1, 0.15) is 30.0 Å². The third-order valence-corrected chi connectivity index (χ3v) is 8.14. The maximum Gasteiger partial charge on any atom is 0.488 e. The van der Waals surface area contributed by atoms with Crippen LogP contribution in [0.25, 0.3) is 0 Å². The molecular formula is C28H28BNO9. The zero-order chi connectivity index (χ0) is 27.3. The van der Waals surface area contributed by atoms with Gasteiger partial charge in [-0.1, -0.05) is 30.3 Å². The largest absolute Gasteiger partial charge is 0.493 e. The van der Waals surface area contributed by atoms with E-state index >= 15 is 0 Å². The molecule has 2 saturated heterocycles. The molecule has 3 fully saturated rings. The number of benzene rings is 2. The summed E-state index contributed by atoms with van der Waals surface area (Å²) in [6.45, 7) is -0.233. The monoisotopic (exact) mass is 533 g/mol. The van der Waals surface area contributed by atoms with Crippen molar-refractivity contribution >= 4 is 30.1 Å². The number of carbonyl (C=O) groups is 2. The number of imide groups is 1. The average Bonchev–Trinajstić information content (AvgIpc) is 3.62. The van der Waals surface area contributed by atoms with E-state index < -0.39 is 54.5 Å². The van der Waals surface area contributed by atoms with Gasteiger partial charge in [0.15, 0.2) is 5.79 Å². The Labute approximate surface area is 224 Å². The van der Waals surface area contributed by atoms with E-state index in [9.17, 15) is 29.9 Å². The van der Waals surface area contributed by atoms with Gasteiger partial charge in [-0.2, -0.15) is 0 Å². The summed E-state index contributed by atoms with van der Waals surface area (Å²) >= 11 is 0. The normalized spacial score (nSPS) is 29.8. The second-order valence-corrected chi connectivity index (χ2v) is 10.3. The molecule has 0 bridgehead atoms. The Morgan fingerprint density at radius 3 is 2.51 bits per heavy atom. The first-order chi connectivity index (χ1) is 18.8. The van der Waals surface area contributed by atoms with Crippen molar-refractivity contribution < 1.29 is 43.7 Å². The van der Waals surface area contributed by atoms with Gasteiger partial charge >= 0.3 is 7.12 Å². The number of nitrogens with zero attached hydrogens (tertiary/aromatic N) is 1. The Balaban J connectivity index is 1.35. The Kier molecular flexibility index (Phi) is 6.56. The van der Waals surface area contributed by atoms with Crippen LogP contribution in [0.5, 0.6) is 5.75 Å². The minimum Gasteiger partial charge on any atom is -0.493 e. The second-order valence-electron chi connectivity index (χ2n) is 10.3. The van der Waals surface area contributed by atoms with Crippen molar-refractivity contribution in [1.82, 2.24) is 0 Å². The van der Waals surface area contributed by atoms with Crippen molar-refractivity contribution in [3.05, 3.63) is 78.3 Å². The highest BCUT2D eigenvalue weighted by atomic mass is 16.6. The molecule has 1 aliphatic carbocycles. The van der Waals surface area contributed by atoms with Gasteiger partial charge in [-0.15, -0.1) is 0 Å². The van der Waals surface area contributed by atoms with Crippen LogP contribution >= 0.6 is 0 Å². The Morgan fingerprint density at radius 2 is 1.79 bits per heavy atom. The van der Waals surface area contributed by atoms with Crippen molar-refractivity contribution in [3.8, 4) is 5.75 Å². The van der Waals surface area contributed by atoms with Gasteiger partial charge < -0.3 is 34.2 Å². The Hall–Kier alpha value is -3.48. The fourth-order valence-corrected chi connectivity index (χ4v) is 6.30. The topological polar surface area (TPSA) is 150 Å². The fraction of sp³-hybridized carbons (Fsp3) is 0.357. The molecule has 0 unspecified atom stereocenters. The van der Waals surface area contributed by atoms with E-state index in [0.717, 1.165) is 4.90 Å². The molecule has 2 amide bonds. The van der Waals surface area contributed by atoms with Crippen LogP contribution in [0.4, 0.5) is 5.69 Å². The number of carbonyl (C=O) groups excluding carboxylic acids is 2. The summed E-state index contributed by atoms with van der Waals surface area (Å²) in [5.74, 6) is -4.24. The number of hydrogen-bond donors (Lipinski definition) is 4. The standard InChI is InChI=1S/C28H28BNO9/c31-14-20-9-10-23(38-20)24-13-22-25-21(11-16(28(22,34)39-24)15-37-19-7-2-1-3-8-19)26(32)30(27(25)33)18-6-4-5-17(12-18)29(35)36/h1-10,12,16,21-22,24-25,31,34-36H,11,13-15H2/t16-,21+,22+,24+,25+,28-/m1/s1. The summed E-state index contributed by atoms with van der Waals surface area (Å²) in [4.78, 5) is 28.6. The van der Waals surface area contributed by atoms with E-state index in [4.69, 9.17) is 13.9 Å². The lowest BCUT2D eigenvalue weighted by molar-refractivity contribution is -0.274. The van der Waals surface area contributed by atoms with E-state index in [1.807, 2.05) is 18.2 Å². The SMILES string of the molecule is O=C1[C@H]2[C@H](C[C@H](COc3ccccc3)[C@@]3(O)O[C@H](c4ccc(CO)o4)C[C@@H]23)C(=O)N1c1cccc(B(O)O)c1. The summed E-state index contributed by atoms with van der Waals surface area (Å²) in [5.41, 5.74) is 0.384. The van der Waals surface area contributed by atoms with E-state index in [2.05, 4.69) is 0 Å². The minimum atomic E-state index is -1.78. The average molecular weight is 533 g/mol. The molecule has 202 valence electrons. The van der Waals surface area contributed by atoms with Gasteiger partial charge in [-0.3, -0.25) is 14.5 Å². The molecule has 6 rings (SSSR count). The lowest BCUT2D eigenvalue weighted by atomic mass is 9.64. The quantitative estimate of drug-likeness (QED) is 0.259. The van der Waals surface area contributed by atoms with Crippen LogP contribution in [-0.4, -0.2) is 51.6 Å². The molecule has 11 heteroatoms. The fourth-order valence-electron chi connectivity index (χ4n) is 6.30.